The molecule has 0 aromatic rings. The summed E-state index contributed by atoms with van der Waals surface area (Å²) in [5, 5.41) is 9.00. The Hall–Kier alpha value is -2.91. The van der Waals surface area contributed by atoms with E-state index in [0.29, 0.717) is 0 Å². The van der Waals surface area contributed by atoms with Gasteiger partial charge in [0.15, 0.2) is 24.4 Å². The summed E-state index contributed by atoms with van der Waals surface area (Å²) in [5.74, 6) is -4.74. The van der Waals surface area contributed by atoms with Crippen LogP contribution in [0.5, 0.6) is 0 Å². The maximum Gasteiger partial charge on any atom is 0.324 e. The molecular weight excluding hydrogens is 506 g/mol. The molecule has 1 heterocycles. The molecule has 0 aromatic carbocycles. The molecule has 0 saturated carbocycles. The summed E-state index contributed by atoms with van der Waals surface area (Å²) in [6, 6.07) is -0.941. The molecule has 0 radical (unpaired) electrons. The Morgan fingerprint density at radius 3 is 1.81 bits per heavy atom. The van der Waals surface area contributed by atoms with Crippen molar-refractivity contribution in [3.63, 3.8) is 0 Å². The van der Waals surface area contributed by atoms with Crippen molar-refractivity contribution in [1.29, 1.82) is 0 Å². The van der Waals surface area contributed by atoms with Gasteiger partial charge in [0, 0.05) is 40.4 Å². The third-order valence-electron chi connectivity index (χ3n) is 4.76. The first-order valence-corrected chi connectivity index (χ1v) is 11.7. The second-order valence-corrected chi connectivity index (χ2v) is 8.74. The number of aliphatic hydroxyl groups excluding tert-OH is 1. The highest BCUT2D eigenvalue weighted by Crippen LogP contribution is 2.36. The second-order valence-electron chi connectivity index (χ2n) is 7.59. The van der Waals surface area contributed by atoms with Gasteiger partial charge in [0.2, 0.25) is 0 Å². The largest absolute Gasteiger partial charge is 0.468 e. The normalized spacial score (nSPS) is 20.8. The Balaban J connectivity index is 3.62. The minimum atomic E-state index is -1.63. The summed E-state index contributed by atoms with van der Waals surface area (Å²) in [4.78, 5) is 72.8. The van der Waals surface area contributed by atoms with Gasteiger partial charge in [0.25, 0.3) is 0 Å². The van der Waals surface area contributed by atoms with Crippen molar-refractivity contribution in [2.24, 2.45) is 0 Å². The molecular formula is C21H31NO13S. The van der Waals surface area contributed by atoms with Crippen LogP contribution in [0.15, 0.2) is 0 Å². The van der Waals surface area contributed by atoms with Crippen LogP contribution in [0.1, 0.15) is 34.6 Å². The van der Waals surface area contributed by atoms with E-state index < -0.39 is 85.0 Å². The van der Waals surface area contributed by atoms with Crippen molar-refractivity contribution < 1.29 is 62.3 Å². The lowest BCUT2D eigenvalue weighted by molar-refractivity contribution is -0.205. The first-order chi connectivity index (χ1) is 16.8. The molecule has 0 spiro atoms. The Morgan fingerprint density at radius 1 is 0.833 bits per heavy atom. The molecule has 1 aliphatic heterocycles. The van der Waals surface area contributed by atoms with Gasteiger partial charge in [-0.15, -0.1) is 11.8 Å². The zero-order chi connectivity index (χ0) is 27.6. The van der Waals surface area contributed by atoms with Gasteiger partial charge in [-0.2, -0.15) is 0 Å². The van der Waals surface area contributed by atoms with Crippen molar-refractivity contribution in [3.05, 3.63) is 0 Å². The number of thioether (sulfide) groups is 1. The molecule has 0 amide bonds. The quantitative estimate of drug-likeness (QED) is 0.240. The maximum absolute atomic E-state index is 12.2. The zero-order valence-corrected chi connectivity index (χ0v) is 21.6. The van der Waals surface area contributed by atoms with Crippen molar-refractivity contribution in [2.75, 3.05) is 26.2 Å². The number of hydrogen-bond acceptors (Lipinski definition) is 15. The number of hydrogen-bond donors (Lipinski definition) is 1. The molecule has 0 aliphatic carbocycles. The Morgan fingerprint density at radius 2 is 1.36 bits per heavy atom. The summed E-state index contributed by atoms with van der Waals surface area (Å²) in [6.07, 6.45) is -6.20. The molecule has 15 heteroatoms. The van der Waals surface area contributed by atoms with Gasteiger partial charge in [0.1, 0.15) is 12.6 Å². The molecule has 14 nitrogen and oxygen atoms in total. The fourth-order valence-corrected chi connectivity index (χ4v) is 5.02. The number of aliphatic hydroxyl groups is 1. The molecule has 0 unspecified atom stereocenters. The average Bonchev–Trinajstić information content (AvgIpc) is 3.20. The zero-order valence-electron chi connectivity index (χ0n) is 20.8. The molecule has 6 atom stereocenters. The summed E-state index contributed by atoms with van der Waals surface area (Å²) >= 11 is 1.08. The van der Waals surface area contributed by atoms with E-state index in [1.54, 1.807) is 0 Å². The number of carbonyl (C=O) groups excluding carboxylic acids is 6. The lowest BCUT2D eigenvalue weighted by atomic mass is 10.0. The predicted octanol–water partition coefficient (Wildman–Crippen LogP) is -0.857. The van der Waals surface area contributed by atoms with E-state index in [-0.39, 0.29) is 5.75 Å². The van der Waals surface area contributed by atoms with Gasteiger partial charge < -0.3 is 33.5 Å². The predicted molar refractivity (Wildman–Crippen MR) is 120 cm³/mol. The van der Waals surface area contributed by atoms with Crippen molar-refractivity contribution in [2.45, 2.75) is 70.5 Å². The molecule has 0 bridgehead atoms. The van der Waals surface area contributed by atoms with Crippen LogP contribution in [0.3, 0.4) is 0 Å². The van der Waals surface area contributed by atoms with Crippen LogP contribution in [0, 0.1) is 0 Å². The Bertz CT molecular complexity index is 835. The van der Waals surface area contributed by atoms with Gasteiger partial charge in [-0.1, -0.05) is 0 Å². The van der Waals surface area contributed by atoms with Gasteiger partial charge in [-0.05, 0) is 0 Å². The van der Waals surface area contributed by atoms with Crippen LogP contribution in [0.2, 0.25) is 0 Å². The molecule has 1 N–H and O–H groups in total. The lowest BCUT2D eigenvalue weighted by Crippen LogP contribution is -2.58. The molecule has 1 saturated heterocycles. The highest BCUT2D eigenvalue weighted by Gasteiger charge is 2.52. The number of nitrogens with zero attached hydrogens (tertiary/aromatic N) is 1. The van der Waals surface area contributed by atoms with Crippen LogP contribution in [0.25, 0.3) is 0 Å². The van der Waals surface area contributed by atoms with Crippen LogP contribution in [0.4, 0.5) is 0 Å². The van der Waals surface area contributed by atoms with Crippen LogP contribution >= 0.6 is 11.8 Å². The first kappa shape index (κ1) is 31.1. The smallest absolute Gasteiger partial charge is 0.324 e. The molecule has 1 aliphatic rings. The minimum Gasteiger partial charge on any atom is -0.468 e. The summed E-state index contributed by atoms with van der Waals surface area (Å²) < 4.78 is 31.1. The van der Waals surface area contributed by atoms with Crippen LogP contribution < -0.4 is 0 Å². The van der Waals surface area contributed by atoms with E-state index in [9.17, 15) is 33.9 Å². The molecule has 0 aromatic heterocycles. The number of ether oxygens (including phenoxy) is 6. The molecule has 36 heavy (non-hydrogen) atoms. The fourth-order valence-electron chi connectivity index (χ4n) is 3.51. The highest BCUT2D eigenvalue weighted by molar-refractivity contribution is 8.00. The number of rotatable bonds is 12. The van der Waals surface area contributed by atoms with Gasteiger partial charge in [0.05, 0.1) is 19.2 Å². The van der Waals surface area contributed by atoms with E-state index >= 15 is 0 Å². The van der Waals surface area contributed by atoms with E-state index in [4.69, 9.17) is 28.4 Å². The van der Waals surface area contributed by atoms with Gasteiger partial charge >= 0.3 is 35.8 Å². The van der Waals surface area contributed by atoms with E-state index in [1.807, 2.05) is 0 Å². The summed E-state index contributed by atoms with van der Waals surface area (Å²) in [6.45, 7) is 4.02. The Labute approximate surface area is 211 Å². The SMILES string of the molecule is COC(=O)[C@@H]1CS[C@H]([C@H](OC(C)=O)[C@H](OC(C)=O)[C@H](OC(C)=O)[C@@H](COC(C)=O)OC(C)=O)N1CO. The van der Waals surface area contributed by atoms with Crippen LogP contribution in [-0.4, -0.2) is 108 Å². The van der Waals surface area contributed by atoms with Crippen molar-refractivity contribution in [1.82, 2.24) is 4.90 Å². The van der Waals surface area contributed by atoms with E-state index in [1.165, 1.54) is 4.90 Å². The van der Waals surface area contributed by atoms with Crippen molar-refractivity contribution in [3.8, 4) is 0 Å². The molecule has 1 fully saturated rings. The third kappa shape index (κ3) is 9.28. The van der Waals surface area contributed by atoms with E-state index in [0.717, 1.165) is 53.5 Å². The fraction of sp³-hybridized carbons (Fsp3) is 0.714. The first-order valence-electron chi connectivity index (χ1n) is 10.7. The van der Waals surface area contributed by atoms with Crippen LogP contribution in [-0.2, 0) is 57.2 Å². The second kappa shape index (κ2) is 14.6. The molecule has 204 valence electrons. The Kier molecular flexibility index (Phi) is 12.6. The summed E-state index contributed by atoms with van der Waals surface area (Å²) in [5.41, 5.74) is 0. The van der Waals surface area contributed by atoms with Gasteiger partial charge in [-0.25, -0.2) is 0 Å². The highest BCUT2D eigenvalue weighted by atomic mass is 32.2. The monoisotopic (exact) mass is 537 g/mol. The standard InChI is InChI=1S/C21H31NO13S/c1-10(24)31-7-16(32-11(2)25)17(33-12(3)26)18(34-13(4)27)19(35-14(5)28)20-22(9-23)15(8-36-20)21(29)30-6/h15-20,23H,7-9H2,1-6H3/t15-,16+,17+,18+,19+,20+/m0/s1. The maximum atomic E-state index is 12.2. The minimum absolute atomic E-state index is 0.113. The molecule has 1 rings (SSSR count). The third-order valence-corrected chi connectivity index (χ3v) is 6.15. The van der Waals surface area contributed by atoms with Crippen molar-refractivity contribution >= 4 is 47.6 Å². The lowest BCUT2D eigenvalue weighted by Gasteiger charge is -2.39. The summed E-state index contributed by atoms with van der Waals surface area (Å²) in [7, 11) is 1.16. The average molecular weight is 538 g/mol. The topological polar surface area (TPSA) is 181 Å². The number of esters is 6. The van der Waals surface area contributed by atoms with Gasteiger partial charge in [-0.3, -0.25) is 33.7 Å². The van der Waals surface area contributed by atoms with E-state index in [2.05, 4.69) is 0 Å². The number of carbonyl (C=O) groups is 6. The number of methoxy groups -OCH3 is 1.